The molecule has 3 aliphatic heterocycles. The predicted octanol–water partition coefficient (Wildman–Crippen LogP) is 14.3. The van der Waals surface area contributed by atoms with E-state index in [9.17, 15) is 71.9 Å². The van der Waals surface area contributed by atoms with E-state index in [4.69, 9.17) is 58.0 Å². The first-order chi connectivity index (χ1) is 32.8. The van der Waals surface area contributed by atoms with Crippen LogP contribution in [0.1, 0.15) is 85.2 Å². The fourth-order valence-electron chi connectivity index (χ4n) is 9.36. The molecule has 4 fully saturated rings. The third-order valence-electron chi connectivity index (χ3n) is 12.9. The molecule has 2 aromatic carbocycles. The van der Waals surface area contributed by atoms with Crippen LogP contribution in [0.2, 0.25) is 20.1 Å². The normalized spacial score (nSPS) is 18.3. The van der Waals surface area contributed by atoms with Gasteiger partial charge in [0, 0.05) is 59.1 Å². The summed E-state index contributed by atoms with van der Waals surface area (Å²) in [6.45, 7) is 0.387. The molecular formula is C43H40Cl5F12N5O6. The van der Waals surface area contributed by atoms with Gasteiger partial charge < -0.3 is 34.1 Å². The summed E-state index contributed by atoms with van der Waals surface area (Å²) in [5.74, 6) is -0.323. The molecule has 392 valence electrons. The average molecular weight is 1130 g/mol. The van der Waals surface area contributed by atoms with Crippen LogP contribution in [-0.4, -0.2) is 123 Å². The molecule has 1 aliphatic carbocycles. The zero-order valence-electron chi connectivity index (χ0n) is 36.4. The third kappa shape index (κ3) is 13.3. The van der Waals surface area contributed by atoms with Gasteiger partial charge in [-0.3, -0.25) is 9.59 Å². The average Bonchev–Trinajstić information content (AvgIpc) is 4.08. The molecule has 0 atom stereocenters. The number of carbonyl (C=O) groups is 4. The first kappa shape index (κ1) is 56.1. The number of nitrogens with zero attached hydrogens (tertiary/aromatic N) is 3. The fourth-order valence-corrected chi connectivity index (χ4v) is 10.6. The quantitative estimate of drug-likeness (QED) is 0.155. The van der Waals surface area contributed by atoms with Gasteiger partial charge in [0.05, 0.1) is 26.8 Å². The number of H-pyrrole nitrogens is 2. The summed E-state index contributed by atoms with van der Waals surface area (Å²) >= 11 is 29.2. The van der Waals surface area contributed by atoms with Gasteiger partial charge >= 0.3 is 36.9 Å². The zero-order chi connectivity index (χ0) is 52.6. The summed E-state index contributed by atoms with van der Waals surface area (Å²) < 4.78 is 158. The summed E-state index contributed by atoms with van der Waals surface area (Å²) in [4.78, 5) is 57.1. The molecule has 11 nitrogen and oxygen atoms in total. The first-order valence-corrected chi connectivity index (χ1v) is 23.4. The van der Waals surface area contributed by atoms with Crippen LogP contribution >= 0.6 is 58.0 Å². The molecule has 0 radical (unpaired) electrons. The summed E-state index contributed by atoms with van der Waals surface area (Å²) in [5.41, 5.74) is 1.20. The van der Waals surface area contributed by atoms with Gasteiger partial charge in [0.1, 0.15) is 5.69 Å². The van der Waals surface area contributed by atoms with E-state index in [0.29, 0.717) is 74.4 Å². The van der Waals surface area contributed by atoms with Gasteiger partial charge in [0.2, 0.25) is 0 Å². The van der Waals surface area contributed by atoms with Crippen LogP contribution in [-0.2, 0) is 9.47 Å². The van der Waals surface area contributed by atoms with Crippen LogP contribution in [0.25, 0.3) is 21.8 Å². The van der Waals surface area contributed by atoms with Gasteiger partial charge in [-0.05, 0) is 105 Å². The van der Waals surface area contributed by atoms with Crippen molar-refractivity contribution in [2.24, 2.45) is 5.41 Å². The molecular weight excluding hydrogens is 1090 g/mol. The SMILES string of the molecule is O=C(Cl)c1cc2cc(Cl)cc(Cl)c2[nH]1.O=C(OC(C(F)(F)F)C(F)(F)F)N1CCC2(CCCC2)CC1.O=C(OC(C(F)(F)F)C(F)(F)F)N1CCC2(CCCN2C(=O)c2cc3cc(Cl)cc(Cl)c3[nH]2)CC1. The Hall–Kier alpha value is -4.19. The number of ether oxygens (including phenoxy) is 2. The second-order valence-corrected chi connectivity index (χ2v) is 19.5. The molecule has 0 unspecified atom stereocenters. The lowest BCUT2D eigenvalue weighted by atomic mass is 9.77. The highest BCUT2D eigenvalue weighted by Gasteiger charge is 2.61. The first-order valence-electron chi connectivity index (χ1n) is 21.5. The fraction of sp³-hybridized carbons (Fsp3) is 0.535. The third-order valence-corrected chi connectivity index (χ3v) is 14.1. The number of likely N-dealkylation sites (tertiary alicyclic amines) is 3. The number of hydrogen-bond donors (Lipinski definition) is 2. The number of carbonyl (C=O) groups excluding carboxylic acids is 4. The lowest BCUT2D eigenvalue weighted by Crippen LogP contribution is -2.56. The van der Waals surface area contributed by atoms with Crippen molar-refractivity contribution in [2.45, 2.75) is 107 Å². The van der Waals surface area contributed by atoms with Crippen LogP contribution in [0.4, 0.5) is 62.3 Å². The number of aromatic amines is 2. The molecule has 28 heteroatoms. The number of fused-ring (bicyclic) bond motifs is 2. The van der Waals surface area contributed by atoms with E-state index < -0.39 is 59.9 Å². The summed E-state index contributed by atoms with van der Waals surface area (Å²) in [6.07, 6.45) is -27.5. The van der Waals surface area contributed by atoms with E-state index >= 15 is 0 Å². The van der Waals surface area contributed by atoms with Crippen molar-refractivity contribution in [1.82, 2.24) is 24.7 Å². The number of alkyl halides is 12. The topological polar surface area (TPSA) is 128 Å². The van der Waals surface area contributed by atoms with Crippen molar-refractivity contribution in [3.63, 3.8) is 0 Å². The Labute approximate surface area is 420 Å². The lowest BCUT2D eigenvalue weighted by Gasteiger charge is -2.44. The van der Waals surface area contributed by atoms with E-state index in [2.05, 4.69) is 19.4 Å². The van der Waals surface area contributed by atoms with E-state index in [-0.39, 0.29) is 56.0 Å². The van der Waals surface area contributed by atoms with E-state index in [0.717, 1.165) is 40.9 Å². The number of hydrogen-bond acceptors (Lipinski definition) is 6. The van der Waals surface area contributed by atoms with Gasteiger partial charge in [0.25, 0.3) is 23.4 Å². The second kappa shape index (κ2) is 21.3. The van der Waals surface area contributed by atoms with Crippen LogP contribution < -0.4 is 0 Å². The molecule has 3 amide bonds. The number of benzene rings is 2. The van der Waals surface area contributed by atoms with E-state index in [1.807, 2.05) is 0 Å². The maximum absolute atomic E-state index is 13.3. The molecule has 2 N–H and O–H groups in total. The van der Waals surface area contributed by atoms with Crippen LogP contribution in [0.3, 0.4) is 0 Å². The second-order valence-electron chi connectivity index (χ2n) is 17.5. The van der Waals surface area contributed by atoms with Gasteiger partial charge in [-0.2, -0.15) is 52.7 Å². The number of aromatic nitrogens is 2. The minimum atomic E-state index is -5.79. The molecule has 0 bridgehead atoms. The molecule has 3 saturated heterocycles. The number of rotatable bonds is 4. The zero-order valence-corrected chi connectivity index (χ0v) is 40.2. The van der Waals surface area contributed by atoms with Crippen molar-refractivity contribution in [3.8, 4) is 0 Å². The van der Waals surface area contributed by atoms with Gasteiger partial charge in [-0.15, -0.1) is 0 Å². The Bertz CT molecular complexity index is 2570. The van der Waals surface area contributed by atoms with Crippen LogP contribution in [0.15, 0.2) is 36.4 Å². The highest BCUT2D eigenvalue weighted by molar-refractivity contribution is 6.67. The van der Waals surface area contributed by atoms with E-state index in [1.165, 1.54) is 6.07 Å². The Morgan fingerprint density at radius 2 is 0.915 bits per heavy atom. The lowest BCUT2D eigenvalue weighted by molar-refractivity contribution is -0.309. The van der Waals surface area contributed by atoms with Crippen molar-refractivity contribution in [3.05, 3.63) is 67.9 Å². The van der Waals surface area contributed by atoms with Gasteiger partial charge in [0.15, 0.2) is 0 Å². The maximum atomic E-state index is 13.3. The Balaban J connectivity index is 0.000000194. The molecule has 2 aromatic heterocycles. The minimum absolute atomic E-state index is 0.101. The summed E-state index contributed by atoms with van der Waals surface area (Å²) in [7, 11) is 0. The molecule has 5 heterocycles. The Kier molecular flexibility index (Phi) is 16.9. The van der Waals surface area contributed by atoms with Gasteiger partial charge in [-0.25, -0.2) is 9.59 Å². The largest absolute Gasteiger partial charge is 0.434 e. The Morgan fingerprint density at radius 3 is 1.32 bits per heavy atom. The number of nitrogens with one attached hydrogen (secondary N) is 2. The molecule has 8 rings (SSSR count). The smallest absolute Gasteiger partial charge is 0.426 e. The predicted molar refractivity (Wildman–Crippen MR) is 237 cm³/mol. The molecule has 1 saturated carbocycles. The molecule has 4 aliphatic rings. The molecule has 71 heavy (non-hydrogen) atoms. The number of piperidine rings is 2. The van der Waals surface area contributed by atoms with Crippen LogP contribution in [0.5, 0.6) is 0 Å². The summed E-state index contributed by atoms with van der Waals surface area (Å²) in [5, 5.41) is 2.59. The van der Waals surface area contributed by atoms with E-state index in [1.54, 1.807) is 35.2 Å². The molecule has 4 aromatic rings. The highest BCUT2D eigenvalue weighted by Crippen LogP contribution is 2.47. The monoisotopic (exact) mass is 1130 g/mol. The maximum Gasteiger partial charge on any atom is 0.434 e. The number of halogens is 17. The van der Waals surface area contributed by atoms with Crippen LogP contribution in [0, 0.1) is 5.41 Å². The van der Waals surface area contributed by atoms with Crippen molar-refractivity contribution in [1.29, 1.82) is 0 Å². The summed E-state index contributed by atoms with van der Waals surface area (Å²) in [6, 6.07) is 9.72. The van der Waals surface area contributed by atoms with Gasteiger partial charge in [-0.1, -0.05) is 59.2 Å². The standard InChI is InChI=1S/C21H19Cl2F6N3O3.C13H17F6NO2.C9H4Cl3NO/c22-12-8-11-9-14(30-15(11)13(23)10-12)16(33)32-5-1-2-19(32)3-6-31(7-4-19)18(34)35-17(20(24,25)26)21(27,28)29;14-12(15,16)9(13(17,18)19)22-10(21)20-7-5-11(6-8-20)3-1-2-4-11;10-5-1-4-2-7(9(12)14)13-8(4)6(11)3-5/h8-10,17,30H,1-7H2;9H,1-8H2;1-3,13H. The van der Waals surface area contributed by atoms with Crippen molar-refractivity contribution in [2.75, 3.05) is 32.7 Å². The number of amides is 3. The Morgan fingerprint density at radius 1 is 0.521 bits per heavy atom. The van der Waals surface area contributed by atoms with Crippen molar-refractivity contribution >= 4 is 103 Å². The molecule has 2 spiro atoms. The minimum Gasteiger partial charge on any atom is -0.426 e. The van der Waals surface area contributed by atoms with Crippen molar-refractivity contribution < 1.29 is 81.3 Å². The highest BCUT2D eigenvalue weighted by atomic mass is 35.5.